The van der Waals surface area contributed by atoms with Gasteiger partial charge in [0.05, 0.1) is 17.9 Å². The average molecular weight is 260 g/mol. The van der Waals surface area contributed by atoms with Crippen LogP contribution < -0.4 is 5.32 Å². The Kier molecular flexibility index (Phi) is 4.90. The predicted molar refractivity (Wildman–Crippen MR) is 60.4 cm³/mol. The van der Waals surface area contributed by atoms with Crippen LogP contribution in [-0.2, 0) is 16.0 Å². The molecule has 0 bridgehead atoms. The van der Waals surface area contributed by atoms with Gasteiger partial charge < -0.3 is 10.4 Å². The van der Waals surface area contributed by atoms with Crippen LogP contribution in [0.1, 0.15) is 12.0 Å². The maximum atomic E-state index is 13.0. The second kappa shape index (κ2) is 6.20. The van der Waals surface area contributed by atoms with Crippen LogP contribution in [0.3, 0.4) is 0 Å². The molecule has 6 heteroatoms. The number of aliphatic carboxylic acids is 1. The quantitative estimate of drug-likeness (QED) is 0.844. The number of carbonyl (C=O) groups is 2. The molecule has 1 amide bonds. The van der Waals surface area contributed by atoms with E-state index in [0.717, 1.165) is 0 Å². The van der Waals surface area contributed by atoms with Crippen LogP contribution in [0.25, 0.3) is 0 Å². The van der Waals surface area contributed by atoms with Gasteiger partial charge in [0.1, 0.15) is 5.82 Å². The minimum absolute atomic E-state index is 0.0000327. The van der Waals surface area contributed by atoms with Crippen molar-refractivity contribution >= 4 is 23.5 Å². The number of halogens is 2. The molecule has 1 aromatic carbocycles. The van der Waals surface area contributed by atoms with Gasteiger partial charge in [0, 0.05) is 6.54 Å². The fraction of sp³-hybridized carbons (Fsp3) is 0.273. The molecule has 0 saturated heterocycles. The summed E-state index contributed by atoms with van der Waals surface area (Å²) in [5.41, 5.74) is 0.486. The Morgan fingerprint density at radius 3 is 2.71 bits per heavy atom. The molecule has 0 saturated carbocycles. The molecule has 0 heterocycles. The molecule has 4 nitrogen and oxygen atoms in total. The van der Waals surface area contributed by atoms with Crippen LogP contribution in [0.4, 0.5) is 4.39 Å². The van der Waals surface area contributed by atoms with E-state index in [9.17, 15) is 14.0 Å². The zero-order valence-electron chi connectivity index (χ0n) is 8.87. The lowest BCUT2D eigenvalue weighted by Crippen LogP contribution is -2.27. The van der Waals surface area contributed by atoms with E-state index in [1.807, 2.05) is 0 Å². The summed E-state index contributed by atoms with van der Waals surface area (Å²) in [6.07, 6.45) is -0.144. The molecule has 0 aliphatic heterocycles. The molecular weight excluding hydrogens is 249 g/mol. The molecule has 0 aromatic heterocycles. The Morgan fingerprint density at radius 1 is 1.41 bits per heavy atom. The minimum Gasteiger partial charge on any atom is -0.481 e. The fourth-order valence-corrected chi connectivity index (χ4v) is 1.32. The molecule has 17 heavy (non-hydrogen) atoms. The first-order valence-electron chi connectivity index (χ1n) is 4.91. The molecule has 92 valence electrons. The highest BCUT2D eigenvalue weighted by atomic mass is 35.5. The van der Waals surface area contributed by atoms with Crippen molar-refractivity contribution in [2.45, 2.75) is 12.8 Å². The van der Waals surface area contributed by atoms with E-state index in [-0.39, 0.29) is 30.3 Å². The summed E-state index contributed by atoms with van der Waals surface area (Å²) in [6.45, 7) is 0.0598. The van der Waals surface area contributed by atoms with Crippen molar-refractivity contribution in [2.24, 2.45) is 0 Å². The highest BCUT2D eigenvalue weighted by molar-refractivity contribution is 6.30. The van der Waals surface area contributed by atoms with Gasteiger partial charge >= 0.3 is 5.97 Å². The minimum atomic E-state index is -0.983. The Morgan fingerprint density at radius 2 is 2.12 bits per heavy atom. The number of carboxylic acids is 1. The first-order chi connectivity index (χ1) is 7.99. The van der Waals surface area contributed by atoms with E-state index in [2.05, 4.69) is 5.32 Å². The lowest BCUT2D eigenvalue weighted by Gasteiger charge is -2.04. The number of hydrogen-bond donors (Lipinski definition) is 2. The summed E-state index contributed by atoms with van der Waals surface area (Å²) in [6, 6.07) is 4.10. The second-order valence-electron chi connectivity index (χ2n) is 3.42. The second-order valence-corrected chi connectivity index (χ2v) is 3.83. The molecule has 0 atom stereocenters. The number of benzene rings is 1. The number of hydrogen-bond acceptors (Lipinski definition) is 2. The first kappa shape index (κ1) is 13.4. The third kappa shape index (κ3) is 4.82. The highest BCUT2D eigenvalue weighted by Gasteiger charge is 2.06. The van der Waals surface area contributed by atoms with E-state index >= 15 is 0 Å². The van der Waals surface area contributed by atoms with E-state index in [1.54, 1.807) is 6.07 Å². The molecule has 0 aliphatic carbocycles. The number of amides is 1. The molecular formula is C11H11ClFNO3. The van der Waals surface area contributed by atoms with Crippen molar-refractivity contribution in [3.05, 3.63) is 34.6 Å². The van der Waals surface area contributed by atoms with Crippen molar-refractivity contribution in [3.8, 4) is 0 Å². The number of carbonyl (C=O) groups excluding carboxylic acids is 1. The number of nitrogens with one attached hydrogen (secondary N) is 1. The zero-order valence-corrected chi connectivity index (χ0v) is 9.63. The normalized spacial score (nSPS) is 10.0. The molecule has 2 N–H and O–H groups in total. The molecule has 1 aromatic rings. The molecule has 0 aliphatic rings. The van der Waals surface area contributed by atoms with Crippen molar-refractivity contribution in [3.63, 3.8) is 0 Å². The van der Waals surface area contributed by atoms with E-state index in [1.165, 1.54) is 12.1 Å². The largest absolute Gasteiger partial charge is 0.481 e. The monoisotopic (exact) mass is 259 g/mol. The standard InChI is InChI=1S/C11H11ClFNO3/c12-8-2-1-7(5-9(8)13)6-10(15)14-4-3-11(16)17/h1-2,5H,3-4,6H2,(H,14,15)(H,16,17). The van der Waals surface area contributed by atoms with Gasteiger partial charge in [-0.3, -0.25) is 9.59 Å². The summed E-state index contributed by atoms with van der Waals surface area (Å²) in [4.78, 5) is 21.5. The molecule has 0 unspecified atom stereocenters. The van der Waals surface area contributed by atoms with Crippen LogP contribution in [0, 0.1) is 5.82 Å². The summed E-state index contributed by atoms with van der Waals surface area (Å²) >= 11 is 5.49. The predicted octanol–water partition coefficient (Wildman–Crippen LogP) is 1.61. The maximum absolute atomic E-state index is 13.0. The third-order valence-corrected chi connectivity index (χ3v) is 2.32. The van der Waals surface area contributed by atoms with E-state index in [4.69, 9.17) is 16.7 Å². The van der Waals surface area contributed by atoms with Gasteiger partial charge in [-0.1, -0.05) is 17.7 Å². The highest BCUT2D eigenvalue weighted by Crippen LogP contribution is 2.15. The number of rotatable bonds is 5. The van der Waals surface area contributed by atoms with Gasteiger partial charge in [0.25, 0.3) is 0 Å². The molecule has 0 radical (unpaired) electrons. The van der Waals surface area contributed by atoms with Crippen molar-refractivity contribution < 1.29 is 19.1 Å². The van der Waals surface area contributed by atoms with Crippen LogP contribution in [0.5, 0.6) is 0 Å². The van der Waals surface area contributed by atoms with Gasteiger partial charge in [-0.05, 0) is 17.7 Å². The van der Waals surface area contributed by atoms with E-state index < -0.39 is 11.8 Å². The Balaban J connectivity index is 2.45. The lowest BCUT2D eigenvalue weighted by molar-refractivity contribution is -0.136. The maximum Gasteiger partial charge on any atom is 0.305 e. The molecule has 0 fully saturated rings. The summed E-state index contributed by atoms with van der Waals surface area (Å²) in [5, 5.41) is 10.8. The average Bonchev–Trinajstić information content (AvgIpc) is 2.23. The van der Waals surface area contributed by atoms with Crippen LogP contribution >= 0.6 is 11.6 Å². The summed E-state index contributed by atoms with van der Waals surface area (Å²) in [5.74, 6) is -1.92. The first-order valence-corrected chi connectivity index (χ1v) is 5.29. The van der Waals surface area contributed by atoms with Crippen molar-refractivity contribution in [1.82, 2.24) is 5.32 Å². The smallest absolute Gasteiger partial charge is 0.305 e. The topological polar surface area (TPSA) is 66.4 Å². The number of carboxylic acid groups (broad SMARTS) is 1. The molecule has 0 spiro atoms. The van der Waals surface area contributed by atoms with Crippen LogP contribution in [-0.4, -0.2) is 23.5 Å². The SMILES string of the molecule is O=C(O)CCNC(=O)Cc1ccc(Cl)c(F)c1. The van der Waals surface area contributed by atoms with Gasteiger partial charge in [-0.2, -0.15) is 0 Å². The fourth-order valence-electron chi connectivity index (χ4n) is 1.21. The van der Waals surface area contributed by atoms with Crippen molar-refractivity contribution in [1.29, 1.82) is 0 Å². The van der Waals surface area contributed by atoms with Crippen LogP contribution in [0.15, 0.2) is 18.2 Å². The van der Waals surface area contributed by atoms with Crippen LogP contribution in [0.2, 0.25) is 5.02 Å². The van der Waals surface area contributed by atoms with Gasteiger partial charge in [-0.25, -0.2) is 4.39 Å². The summed E-state index contributed by atoms with van der Waals surface area (Å²) < 4.78 is 13.0. The van der Waals surface area contributed by atoms with Gasteiger partial charge in [0.2, 0.25) is 5.91 Å². The van der Waals surface area contributed by atoms with Gasteiger partial charge in [0.15, 0.2) is 0 Å². The summed E-state index contributed by atoms with van der Waals surface area (Å²) in [7, 11) is 0. The van der Waals surface area contributed by atoms with Crippen molar-refractivity contribution in [2.75, 3.05) is 6.54 Å². The molecule has 1 rings (SSSR count). The zero-order chi connectivity index (χ0) is 12.8. The Bertz CT molecular complexity index is 437. The Labute approximate surface area is 102 Å². The van der Waals surface area contributed by atoms with E-state index in [0.29, 0.717) is 5.56 Å². The Hall–Kier alpha value is -1.62. The van der Waals surface area contributed by atoms with Gasteiger partial charge in [-0.15, -0.1) is 0 Å². The lowest BCUT2D eigenvalue weighted by atomic mass is 10.1. The third-order valence-electron chi connectivity index (χ3n) is 2.01.